The van der Waals surface area contributed by atoms with Gasteiger partial charge in [0.25, 0.3) is 0 Å². The van der Waals surface area contributed by atoms with Crippen molar-refractivity contribution in [3.05, 3.63) is 47.8 Å². The second kappa shape index (κ2) is 7.18. The molecule has 1 aromatic carbocycles. The molecule has 1 atom stereocenters. The van der Waals surface area contributed by atoms with Gasteiger partial charge in [0.2, 0.25) is 11.7 Å². The Hall–Kier alpha value is -3.23. The molecule has 3 aromatic rings. The third kappa shape index (κ3) is 3.81. The lowest BCUT2D eigenvalue weighted by Gasteiger charge is -2.30. The van der Waals surface area contributed by atoms with Crippen LogP contribution in [0.2, 0.25) is 0 Å². The molecule has 27 heavy (non-hydrogen) atoms. The van der Waals surface area contributed by atoms with E-state index in [4.69, 9.17) is 9.05 Å². The van der Waals surface area contributed by atoms with E-state index in [1.807, 2.05) is 0 Å². The summed E-state index contributed by atoms with van der Waals surface area (Å²) in [4.78, 5) is 18.6. The van der Waals surface area contributed by atoms with Gasteiger partial charge in [0, 0.05) is 24.7 Å². The highest BCUT2D eigenvalue weighted by Crippen LogP contribution is 2.28. The van der Waals surface area contributed by atoms with Crippen LogP contribution in [-0.2, 0) is 0 Å². The second-order valence-electron chi connectivity index (χ2n) is 6.50. The van der Waals surface area contributed by atoms with Gasteiger partial charge in [-0.2, -0.15) is 4.98 Å². The summed E-state index contributed by atoms with van der Waals surface area (Å²) in [6, 6.07) is 7.32. The number of carbonyl (C=O) groups excluding carboxylic acids is 1. The number of anilines is 1. The summed E-state index contributed by atoms with van der Waals surface area (Å²) in [5.74, 6) is 1.52. The number of halogens is 1. The minimum Gasteiger partial charge on any atom is -0.360 e. The zero-order chi connectivity index (χ0) is 18.8. The van der Waals surface area contributed by atoms with Crippen molar-refractivity contribution >= 4 is 11.8 Å². The van der Waals surface area contributed by atoms with Gasteiger partial charge in [0.1, 0.15) is 11.6 Å². The molecule has 9 heteroatoms. The van der Waals surface area contributed by atoms with Crippen LogP contribution in [-0.4, -0.2) is 39.3 Å². The monoisotopic (exact) mass is 371 g/mol. The minimum absolute atomic E-state index is 0.0507. The Morgan fingerprint density at radius 1 is 1.26 bits per heavy atom. The highest BCUT2D eigenvalue weighted by molar-refractivity contribution is 5.88. The highest BCUT2D eigenvalue weighted by atomic mass is 19.1. The van der Waals surface area contributed by atoms with Crippen molar-refractivity contribution in [2.45, 2.75) is 25.7 Å². The van der Waals surface area contributed by atoms with Gasteiger partial charge < -0.3 is 13.9 Å². The minimum atomic E-state index is -0.321. The molecule has 0 bridgehead atoms. The molecule has 1 fully saturated rings. The highest BCUT2D eigenvalue weighted by Gasteiger charge is 2.29. The average molecular weight is 371 g/mol. The van der Waals surface area contributed by atoms with Gasteiger partial charge in [-0.05, 0) is 44.0 Å². The lowest BCUT2D eigenvalue weighted by atomic mass is 9.98. The van der Waals surface area contributed by atoms with Gasteiger partial charge in [-0.3, -0.25) is 5.32 Å². The van der Waals surface area contributed by atoms with Crippen LogP contribution < -0.4 is 5.32 Å². The Morgan fingerprint density at radius 2 is 2.07 bits per heavy atom. The molecule has 2 aromatic heterocycles. The van der Waals surface area contributed by atoms with E-state index >= 15 is 0 Å². The van der Waals surface area contributed by atoms with Crippen LogP contribution in [0.25, 0.3) is 11.4 Å². The van der Waals surface area contributed by atoms with Gasteiger partial charge in [-0.15, -0.1) is 0 Å². The zero-order valence-electron chi connectivity index (χ0n) is 14.7. The number of piperidine rings is 1. The maximum absolute atomic E-state index is 13.1. The number of amides is 2. The molecule has 3 heterocycles. The number of hydrogen-bond donors (Lipinski definition) is 1. The van der Waals surface area contributed by atoms with Crippen molar-refractivity contribution in [1.29, 1.82) is 0 Å². The van der Waals surface area contributed by atoms with Crippen molar-refractivity contribution in [2.24, 2.45) is 0 Å². The number of nitrogens with one attached hydrogen (secondary N) is 1. The number of aromatic nitrogens is 3. The van der Waals surface area contributed by atoms with E-state index in [9.17, 15) is 9.18 Å². The van der Waals surface area contributed by atoms with Crippen molar-refractivity contribution in [3.63, 3.8) is 0 Å². The summed E-state index contributed by atoms with van der Waals surface area (Å²) in [6.07, 6.45) is 1.67. The molecular weight excluding hydrogens is 353 g/mol. The number of likely N-dealkylation sites (tertiary alicyclic amines) is 1. The van der Waals surface area contributed by atoms with E-state index in [0.717, 1.165) is 12.8 Å². The SMILES string of the molecule is Cc1cc(NC(=O)N2CCC[C@@H](c3nc(-c4ccc(F)cc4)no3)C2)no1. The molecule has 0 unspecified atom stereocenters. The van der Waals surface area contributed by atoms with Gasteiger partial charge in [-0.1, -0.05) is 10.3 Å². The van der Waals surface area contributed by atoms with Crippen LogP contribution in [0.3, 0.4) is 0 Å². The number of carbonyl (C=O) groups is 1. The summed E-state index contributed by atoms with van der Waals surface area (Å²) in [5, 5.41) is 10.5. The quantitative estimate of drug-likeness (QED) is 0.756. The summed E-state index contributed by atoms with van der Waals surface area (Å²) < 4.78 is 23.4. The molecule has 0 spiro atoms. The number of benzene rings is 1. The number of nitrogens with zero attached hydrogens (tertiary/aromatic N) is 4. The van der Waals surface area contributed by atoms with Crippen LogP contribution in [0.5, 0.6) is 0 Å². The number of aryl methyl sites for hydroxylation is 1. The molecule has 8 nitrogen and oxygen atoms in total. The van der Waals surface area contributed by atoms with E-state index in [1.165, 1.54) is 12.1 Å². The van der Waals surface area contributed by atoms with Gasteiger partial charge in [0.15, 0.2) is 5.82 Å². The molecule has 140 valence electrons. The lowest BCUT2D eigenvalue weighted by molar-refractivity contribution is 0.184. The summed E-state index contributed by atoms with van der Waals surface area (Å²) in [7, 11) is 0. The first-order valence-corrected chi connectivity index (χ1v) is 8.67. The van der Waals surface area contributed by atoms with Crippen LogP contribution in [0.4, 0.5) is 15.0 Å². The smallest absolute Gasteiger partial charge is 0.323 e. The Bertz CT molecular complexity index is 937. The van der Waals surface area contributed by atoms with Gasteiger partial charge in [0.05, 0.1) is 5.92 Å². The van der Waals surface area contributed by atoms with Crippen molar-refractivity contribution < 1.29 is 18.2 Å². The summed E-state index contributed by atoms with van der Waals surface area (Å²) >= 11 is 0. The maximum atomic E-state index is 13.1. The predicted molar refractivity (Wildman–Crippen MR) is 93.5 cm³/mol. The fourth-order valence-electron chi connectivity index (χ4n) is 3.09. The number of rotatable bonds is 3. The van der Waals surface area contributed by atoms with E-state index in [1.54, 1.807) is 30.0 Å². The maximum Gasteiger partial charge on any atom is 0.323 e. The van der Waals surface area contributed by atoms with E-state index < -0.39 is 0 Å². The average Bonchev–Trinajstić information content (AvgIpc) is 3.32. The first-order valence-electron chi connectivity index (χ1n) is 8.67. The second-order valence-corrected chi connectivity index (χ2v) is 6.50. The molecule has 1 aliphatic rings. The topological polar surface area (TPSA) is 97.3 Å². The Balaban J connectivity index is 1.43. The summed E-state index contributed by atoms with van der Waals surface area (Å²) in [6.45, 7) is 2.86. The van der Waals surface area contributed by atoms with Crippen LogP contribution >= 0.6 is 0 Å². The third-order valence-electron chi connectivity index (χ3n) is 4.46. The Labute approximate surface area is 154 Å². The van der Waals surface area contributed by atoms with Crippen LogP contribution in [0.1, 0.15) is 30.4 Å². The molecule has 4 rings (SSSR count). The van der Waals surface area contributed by atoms with Crippen molar-refractivity contribution in [2.75, 3.05) is 18.4 Å². The largest absolute Gasteiger partial charge is 0.360 e. The van der Waals surface area contributed by atoms with E-state index in [-0.39, 0.29) is 17.8 Å². The lowest BCUT2D eigenvalue weighted by Crippen LogP contribution is -2.41. The number of urea groups is 1. The predicted octanol–water partition coefficient (Wildman–Crippen LogP) is 3.58. The van der Waals surface area contributed by atoms with Crippen molar-refractivity contribution in [1.82, 2.24) is 20.2 Å². The fourth-order valence-corrected chi connectivity index (χ4v) is 3.09. The van der Waals surface area contributed by atoms with Gasteiger partial charge >= 0.3 is 6.03 Å². The molecule has 0 aliphatic carbocycles. The van der Waals surface area contributed by atoms with Crippen molar-refractivity contribution in [3.8, 4) is 11.4 Å². The summed E-state index contributed by atoms with van der Waals surface area (Å²) in [5.41, 5.74) is 0.679. The standard InChI is InChI=1S/C18H18FN5O3/c1-11-9-15(22-26-11)20-18(25)24-8-2-3-13(10-24)17-21-16(23-27-17)12-4-6-14(19)7-5-12/h4-7,9,13H,2-3,8,10H2,1H3,(H,20,22,25)/t13-/m1/s1. The molecule has 1 N–H and O–H groups in total. The normalized spacial score (nSPS) is 17.1. The zero-order valence-corrected chi connectivity index (χ0v) is 14.7. The first kappa shape index (κ1) is 17.2. The molecule has 0 radical (unpaired) electrons. The van der Waals surface area contributed by atoms with Crippen LogP contribution in [0, 0.1) is 12.7 Å². The Kier molecular flexibility index (Phi) is 4.57. The third-order valence-corrected chi connectivity index (χ3v) is 4.46. The van der Waals surface area contributed by atoms with Crippen LogP contribution in [0.15, 0.2) is 39.4 Å². The molecule has 1 aliphatic heterocycles. The number of hydrogen-bond acceptors (Lipinski definition) is 6. The van der Waals surface area contributed by atoms with E-state index in [0.29, 0.717) is 41.9 Å². The van der Waals surface area contributed by atoms with E-state index in [2.05, 4.69) is 20.6 Å². The Morgan fingerprint density at radius 3 is 2.81 bits per heavy atom. The molecular formula is C18H18FN5O3. The fraction of sp³-hybridized carbons (Fsp3) is 0.333. The molecule has 2 amide bonds. The molecule has 1 saturated heterocycles. The first-order chi connectivity index (χ1) is 13.1. The van der Waals surface area contributed by atoms with Gasteiger partial charge in [-0.25, -0.2) is 9.18 Å². The molecule has 0 saturated carbocycles.